The Bertz CT molecular complexity index is 139. The van der Waals surface area contributed by atoms with E-state index >= 15 is 0 Å². The summed E-state index contributed by atoms with van der Waals surface area (Å²) in [7, 11) is 0. The molecule has 0 amide bonds. The number of nitrogens with two attached hydrogens (primary N) is 1. The van der Waals surface area contributed by atoms with Gasteiger partial charge >= 0.3 is 62.1 Å². The smallest absolute Gasteiger partial charge is 0.153 e. The van der Waals surface area contributed by atoms with Crippen molar-refractivity contribution < 1.29 is 9.59 Å². The summed E-state index contributed by atoms with van der Waals surface area (Å²) in [5.74, 6) is 0. The third-order valence-corrected chi connectivity index (χ3v) is 4.84. The van der Waals surface area contributed by atoms with Crippen LogP contribution < -0.4 is 5.73 Å². The molecule has 0 unspecified atom stereocenters. The van der Waals surface area contributed by atoms with E-state index in [-0.39, 0.29) is 21.1 Å². The molecule has 0 heterocycles. The average molecular weight is 368 g/mol. The van der Waals surface area contributed by atoms with Crippen LogP contribution in [0.3, 0.4) is 0 Å². The van der Waals surface area contributed by atoms with E-state index < -0.39 is 0 Å². The minimum Gasteiger partial charge on any atom is -0.298 e. The van der Waals surface area contributed by atoms with Crippen LogP contribution in [-0.2, 0) is 9.59 Å². The van der Waals surface area contributed by atoms with Crippen molar-refractivity contribution in [1.29, 1.82) is 0 Å². The molecule has 2 N–H and O–H groups in total. The maximum Gasteiger partial charge on any atom is 0.153 e. The number of hydrogen-bond acceptors (Lipinski definition) is 5. The molecule has 0 rings (SSSR count). The number of carbonyl (C=O) groups excluding carboxylic acids is 2. The molecule has 92 valence electrons. The van der Waals surface area contributed by atoms with E-state index in [0.29, 0.717) is 12.6 Å². The summed E-state index contributed by atoms with van der Waals surface area (Å²) in [6.45, 7) is 3.19. The summed E-state index contributed by atoms with van der Waals surface area (Å²) in [5, 5.41) is 2.06. The van der Waals surface area contributed by atoms with Gasteiger partial charge in [0.15, 0.2) is 12.6 Å². The summed E-state index contributed by atoms with van der Waals surface area (Å²) in [6.07, 6.45) is 3.78. The van der Waals surface area contributed by atoms with Crippen LogP contribution in [0, 0.1) is 0 Å². The Kier molecular flexibility index (Phi) is 39.7. The summed E-state index contributed by atoms with van der Waals surface area (Å²) in [5.41, 5.74) is 5.33. The van der Waals surface area contributed by atoms with Crippen LogP contribution in [-0.4, -0.2) is 51.0 Å². The molecule has 0 aromatic rings. The van der Waals surface area contributed by atoms with Crippen LogP contribution >= 0.6 is 24.4 Å². The quantitative estimate of drug-likeness (QED) is 0.321. The Morgan fingerprint density at radius 1 is 1.12 bits per heavy atom. The molecule has 0 aromatic carbocycles. The van der Waals surface area contributed by atoms with Gasteiger partial charge in [0, 0.05) is 10.7 Å². The zero-order valence-electron chi connectivity index (χ0n) is 9.56. The third-order valence-electron chi connectivity index (χ3n) is 1.17. The van der Waals surface area contributed by atoms with Crippen LogP contribution in [0.15, 0.2) is 0 Å². The van der Waals surface area contributed by atoms with Gasteiger partial charge in [0.1, 0.15) is 0 Å². The molecule has 0 saturated carbocycles. The van der Waals surface area contributed by atoms with Crippen molar-refractivity contribution in [3.05, 3.63) is 0 Å². The molecule has 0 aromatic heterocycles. The summed E-state index contributed by atoms with van der Waals surface area (Å²) < 4.78 is 3.03. The zero-order valence-corrected chi connectivity index (χ0v) is 14.0. The first-order valence-electron chi connectivity index (χ1n) is 4.93. The minimum atomic E-state index is 0.115. The average Bonchev–Trinajstić information content (AvgIpc) is 2.35. The monoisotopic (exact) mass is 369 g/mol. The van der Waals surface area contributed by atoms with Gasteiger partial charge in [-0.1, -0.05) is 24.4 Å². The molecule has 0 spiro atoms. The second-order valence-corrected chi connectivity index (χ2v) is 7.81. The Morgan fingerprint density at radius 2 is 1.56 bits per heavy atom. The van der Waals surface area contributed by atoms with Crippen molar-refractivity contribution >= 4 is 68.9 Å². The normalized spacial score (nSPS) is 7.38. The van der Waals surface area contributed by atoms with E-state index in [9.17, 15) is 0 Å². The first-order chi connectivity index (χ1) is 7.74. The third kappa shape index (κ3) is 47.5. The molecular formula is C10H19NO2S2Sn. The van der Waals surface area contributed by atoms with E-state index in [4.69, 9.17) is 15.3 Å². The van der Waals surface area contributed by atoms with Crippen LogP contribution in [0.25, 0.3) is 0 Å². The molecule has 0 aliphatic heterocycles. The van der Waals surface area contributed by atoms with Gasteiger partial charge in [0.2, 0.25) is 0 Å². The Morgan fingerprint density at radius 3 is 1.81 bits per heavy atom. The molecule has 0 aliphatic rings. The second-order valence-electron chi connectivity index (χ2n) is 2.39. The van der Waals surface area contributed by atoms with Crippen molar-refractivity contribution in [3.63, 3.8) is 0 Å². The summed E-state index contributed by atoms with van der Waals surface area (Å²) in [4.78, 5) is 18.0. The number of unbranched alkanes of at least 4 members (excludes halogenated alkanes) is 1. The molecular weight excluding hydrogens is 349 g/mol. The molecule has 0 fully saturated rings. The Hall–Kier alpha value is 0.279. The van der Waals surface area contributed by atoms with Crippen molar-refractivity contribution in [2.24, 2.45) is 5.73 Å². The van der Waals surface area contributed by atoms with Gasteiger partial charge < -0.3 is 0 Å². The van der Waals surface area contributed by atoms with E-state index in [1.165, 1.54) is 21.7 Å². The fourth-order valence-corrected chi connectivity index (χ4v) is 3.01. The van der Waals surface area contributed by atoms with Gasteiger partial charge in [-0.05, 0) is 0 Å². The maximum atomic E-state index is 9.01. The van der Waals surface area contributed by atoms with Crippen molar-refractivity contribution in [1.82, 2.24) is 0 Å². The number of hydrogen-bond donors (Lipinski definition) is 1. The standard InChI is InChI=1S/C4H10N.2C2H2OS.C2H5.Sn/c1-2-3-4-5;2*3-1-2-4;1-2;/h1-5H2;2*1-2H;1H2,2H3;. The van der Waals surface area contributed by atoms with Crippen LogP contribution in [0.4, 0.5) is 0 Å². The van der Waals surface area contributed by atoms with Gasteiger partial charge in [-0.2, -0.15) is 0 Å². The Labute approximate surface area is 119 Å². The van der Waals surface area contributed by atoms with Gasteiger partial charge in [-0.15, -0.1) is 0 Å². The van der Waals surface area contributed by atoms with E-state index in [1.807, 2.05) is 0 Å². The largest absolute Gasteiger partial charge is 0.298 e. The molecule has 2 radical (unpaired) electrons. The van der Waals surface area contributed by atoms with Gasteiger partial charge in [-0.25, -0.2) is 0 Å². The van der Waals surface area contributed by atoms with E-state index in [0.717, 1.165) is 17.3 Å². The summed E-state index contributed by atoms with van der Waals surface area (Å²) in [6, 6.07) is 0. The van der Waals surface area contributed by atoms with E-state index in [2.05, 4.69) is 31.4 Å². The summed E-state index contributed by atoms with van der Waals surface area (Å²) >= 11 is 8.24. The number of thiocarbonyl (C=S) groups is 2. The van der Waals surface area contributed by atoms with Crippen LogP contribution in [0.5, 0.6) is 0 Å². The fraction of sp³-hybridized carbons (Fsp3) is 0.600. The molecule has 16 heavy (non-hydrogen) atoms. The van der Waals surface area contributed by atoms with Gasteiger partial charge in [0.05, 0.1) is 0 Å². The second kappa shape index (κ2) is 29.5. The molecule has 0 atom stereocenters. The Balaban J connectivity index is -0.000000179. The number of carbonyl (C=O) groups is 2. The number of rotatable bonds is 7. The molecule has 3 nitrogen and oxygen atoms in total. The predicted molar refractivity (Wildman–Crippen MR) is 78.8 cm³/mol. The van der Waals surface area contributed by atoms with Gasteiger partial charge in [-0.3, -0.25) is 9.59 Å². The maximum absolute atomic E-state index is 9.01. The first-order valence-corrected chi connectivity index (χ1v) is 9.91. The molecule has 0 bridgehead atoms. The minimum absolute atomic E-state index is 0.115. The molecule has 6 heteroatoms. The fourth-order valence-electron chi connectivity index (χ4n) is 0.571. The van der Waals surface area contributed by atoms with Crippen LogP contribution in [0.1, 0.15) is 19.8 Å². The molecule has 0 saturated heterocycles. The van der Waals surface area contributed by atoms with Crippen LogP contribution in [0.2, 0.25) is 8.87 Å². The van der Waals surface area contributed by atoms with Crippen molar-refractivity contribution in [2.75, 3.05) is 6.54 Å². The van der Waals surface area contributed by atoms with E-state index in [1.54, 1.807) is 0 Å². The number of aldehydes is 2. The topological polar surface area (TPSA) is 60.2 Å². The SMILES string of the molecule is C[CH2][Sn][CH2]CCCN.O=CC=S.O=CC=S. The van der Waals surface area contributed by atoms with Gasteiger partial charge in [0.25, 0.3) is 0 Å². The first kappa shape index (κ1) is 21.6. The molecule has 0 aliphatic carbocycles. The predicted octanol–water partition coefficient (Wildman–Crippen LogP) is 1.66. The zero-order chi connectivity index (χ0) is 13.1. The van der Waals surface area contributed by atoms with Crippen molar-refractivity contribution in [3.8, 4) is 0 Å². The van der Waals surface area contributed by atoms with Crippen molar-refractivity contribution in [2.45, 2.75) is 28.6 Å².